The Kier molecular flexibility index (Phi) is 4.40. The fourth-order valence-electron chi connectivity index (χ4n) is 2.44. The maximum Gasteiger partial charge on any atom is 0.141 e. The topological polar surface area (TPSA) is 43.2 Å². The van der Waals surface area contributed by atoms with Crippen LogP contribution < -0.4 is 0 Å². The molecule has 106 valence electrons. The summed E-state index contributed by atoms with van der Waals surface area (Å²) < 4.78 is 7.39. The predicted octanol–water partition coefficient (Wildman–Crippen LogP) is 1.35. The molecule has 0 spiro atoms. The summed E-state index contributed by atoms with van der Waals surface area (Å²) >= 11 is 0. The SMILES string of the molecule is c1ccc(CCn2ncnc2CN2CCOCC2)cc1. The van der Waals surface area contributed by atoms with Gasteiger partial charge in [-0.2, -0.15) is 5.10 Å². The van der Waals surface area contributed by atoms with Crippen LogP contribution in [0.5, 0.6) is 0 Å². The van der Waals surface area contributed by atoms with Gasteiger partial charge in [-0.05, 0) is 12.0 Å². The minimum absolute atomic E-state index is 0.818. The molecule has 1 aliphatic heterocycles. The summed E-state index contributed by atoms with van der Waals surface area (Å²) in [5, 5.41) is 4.34. The van der Waals surface area contributed by atoms with E-state index >= 15 is 0 Å². The zero-order chi connectivity index (χ0) is 13.6. The van der Waals surface area contributed by atoms with E-state index in [4.69, 9.17) is 4.74 Å². The predicted molar refractivity (Wildman–Crippen MR) is 76.3 cm³/mol. The van der Waals surface area contributed by atoms with Crippen molar-refractivity contribution in [3.63, 3.8) is 0 Å². The van der Waals surface area contributed by atoms with Crippen molar-refractivity contribution in [2.24, 2.45) is 0 Å². The van der Waals surface area contributed by atoms with Gasteiger partial charge in [0.2, 0.25) is 0 Å². The first-order valence-corrected chi connectivity index (χ1v) is 7.12. The van der Waals surface area contributed by atoms with Gasteiger partial charge in [-0.15, -0.1) is 0 Å². The first-order valence-electron chi connectivity index (χ1n) is 7.12. The van der Waals surface area contributed by atoms with Gasteiger partial charge in [-0.1, -0.05) is 30.3 Å². The van der Waals surface area contributed by atoms with Crippen LogP contribution in [-0.4, -0.2) is 46.0 Å². The quantitative estimate of drug-likeness (QED) is 0.824. The number of aryl methyl sites for hydroxylation is 2. The van der Waals surface area contributed by atoms with Crippen molar-refractivity contribution in [1.29, 1.82) is 0 Å². The Balaban J connectivity index is 1.58. The molecule has 1 fully saturated rings. The molecule has 0 unspecified atom stereocenters. The molecule has 0 N–H and O–H groups in total. The van der Waals surface area contributed by atoms with Crippen LogP contribution >= 0.6 is 0 Å². The molecule has 2 heterocycles. The lowest BCUT2D eigenvalue weighted by molar-refractivity contribution is 0.0324. The van der Waals surface area contributed by atoms with Crippen molar-refractivity contribution >= 4 is 0 Å². The third-order valence-electron chi connectivity index (χ3n) is 3.62. The van der Waals surface area contributed by atoms with Gasteiger partial charge >= 0.3 is 0 Å². The number of nitrogens with zero attached hydrogens (tertiary/aromatic N) is 4. The molecular weight excluding hydrogens is 252 g/mol. The molecule has 20 heavy (non-hydrogen) atoms. The normalized spacial score (nSPS) is 16.4. The molecule has 3 rings (SSSR count). The minimum Gasteiger partial charge on any atom is -0.379 e. The van der Waals surface area contributed by atoms with Gasteiger partial charge in [0.15, 0.2) is 0 Å². The number of hydrogen-bond donors (Lipinski definition) is 0. The second kappa shape index (κ2) is 6.63. The summed E-state index contributed by atoms with van der Waals surface area (Å²) in [5.74, 6) is 1.04. The van der Waals surface area contributed by atoms with Gasteiger partial charge in [0, 0.05) is 19.6 Å². The average Bonchev–Trinajstić information content (AvgIpc) is 2.94. The molecule has 1 saturated heterocycles. The smallest absolute Gasteiger partial charge is 0.141 e. The number of rotatable bonds is 5. The van der Waals surface area contributed by atoms with Crippen molar-refractivity contribution in [1.82, 2.24) is 19.7 Å². The largest absolute Gasteiger partial charge is 0.379 e. The molecule has 0 atom stereocenters. The Bertz CT molecular complexity index is 520. The van der Waals surface area contributed by atoms with E-state index in [9.17, 15) is 0 Å². The maximum absolute atomic E-state index is 5.37. The Hall–Kier alpha value is -1.72. The number of ether oxygens (including phenoxy) is 1. The monoisotopic (exact) mass is 272 g/mol. The molecule has 5 heteroatoms. The second-order valence-electron chi connectivity index (χ2n) is 5.02. The summed E-state index contributed by atoms with van der Waals surface area (Å²) in [5.41, 5.74) is 1.33. The van der Waals surface area contributed by atoms with Crippen LogP contribution in [0.2, 0.25) is 0 Å². The van der Waals surface area contributed by atoms with E-state index in [1.54, 1.807) is 6.33 Å². The van der Waals surface area contributed by atoms with Gasteiger partial charge in [-0.25, -0.2) is 9.67 Å². The molecule has 1 aliphatic rings. The maximum atomic E-state index is 5.37. The van der Waals surface area contributed by atoms with E-state index in [0.717, 1.165) is 51.6 Å². The van der Waals surface area contributed by atoms with Crippen LogP contribution in [0, 0.1) is 0 Å². The van der Waals surface area contributed by atoms with Crippen molar-refractivity contribution in [3.8, 4) is 0 Å². The molecule has 2 aromatic rings. The molecule has 1 aromatic heterocycles. The highest BCUT2D eigenvalue weighted by Gasteiger charge is 2.14. The first-order chi connectivity index (χ1) is 9.92. The van der Waals surface area contributed by atoms with Gasteiger partial charge in [0.05, 0.1) is 19.8 Å². The summed E-state index contributed by atoms with van der Waals surface area (Å²) in [6, 6.07) is 10.5. The lowest BCUT2D eigenvalue weighted by Crippen LogP contribution is -2.36. The molecule has 1 aromatic carbocycles. The van der Waals surface area contributed by atoms with Crippen LogP contribution in [0.25, 0.3) is 0 Å². The Morgan fingerprint density at radius 2 is 1.90 bits per heavy atom. The van der Waals surface area contributed by atoms with Gasteiger partial charge in [0.25, 0.3) is 0 Å². The van der Waals surface area contributed by atoms with Crippen molar-refractivity contribution in [3.05, 3.63) is 48.0 Å². The third-order valence-corrected chi connectivity index (χ3v) is 3.62. The van der Waals surface area contributed by atoms with Crippen molar-refractivity contribution in [2.75, 3.05) is 26.3 Å². The zero-order valence-electron chi connectivity index (χ0n) is 11.6. The molecule has 0 radical (unpaired) electrons. The molecular formula is C15H20N4O. The third kappa shape index (κ3) is 3.43. The summed E-state index contributed by atoms with van der Waals surface area (Å²) in [6.07, 6.45) is 2.64. The van der Waals surface area contributed by atoms with Crippen molar-refractivity contribution in [2.45, 2.75) is 19.5 Å². The highest BCUT2D eigenvalue weighted by molar-refractivity contribution is 5.14. The molecule has 0 amide bonds. The van der Waals surface area contributed by atoms with E-state index in [1.165, 1.54) is 5.56 Å². The Morgan fingerprint density at radius 1 is 1.10 bits per heavy atom. The van der Waals surface area contributed by atoms with E-state index < -0.39 is 0 Å². The van der Waals surface area contributed by atoms with Gasteiger partial charge < -0.3 is 4.74 Å². The van der Waals surface area contributed by atoms with E-state index in [2.05, 4.69) is 39.2 Å². The second-order valence-corrected chi connectivity index (χ2v) is 5.02. The Morgan fingerprint density at radius 3 is 2.70 bits per heavy atom. The number of aromatic nitrogens is 3. The standard InChI is InChI=1S/C15H20N4O/c1-2-4-14(5-3-1)6-7-19-15(16-13-17-19)12-18-8-10-20-11-9-18/h1-5,13H,6-12H2. The number of benzene rings is 1. The molecule has 0 saturated carbocycles. The lowest BCUT2D eigenvalue weighted by atomic mass is 10.1. The fourth-order valence-corrected chi connectivity index (χ4v) is 2.44. The highest BCUT2D eigenvalue weighted by atomic mass is 16.5. The lowest BCUT2D eigenvalue weighted by Gasteiger charge is -2.26. The van der Waals surface area contributed by atoms with E-state index in [-0.39, 0.29) is 0 Å². The molecule has 5 nitrogen and oxygen atoms in total. The van der Waals surface area contributed by atoms with Crippen LogP contribution in [0.15, 0.2) is 36.7 Å². The minimum atomic E-state index is 0.818. The number of morpholine rings is 1. The van der Waals surface area contributed by atoms with Crippen LogP contribution in [0.1, 0.15) is 11.4 Å². The first kappa shape index (κ1) is 13.3. The summed E-state index contributed by atoms with van der Waals surface area (Å²) in [6.45, 7) is 5.33. The summed E-state index contributed by atoms with van der Waals surface area (Å²) in [7, 11) is 0. The van der Waals surface area contributed by atoms with Crippen molar-refractivity contribution < 1.29 is 4.74 Å². The fraction of sp³-hybridized carbons (Fsp3) is 0.467. The van der Waals surface area contributed by atoms with Crippen LogP contribution in [0.3, 0.4) is 0 Å². The Labute approximate surface area is 119 Å². The van der Waals surface area contributed by atoms with Gasteiger partial charge in [-0.3, -0.25) is 4.90 Å². The van der Waals surface area contributed by atoms with E-state index in [1.807, 2.05) is 10.7 Å². The number of hydrogen-bond acceptors (Lipinski definition) is 4. The van der Waals surface area contributed by atoms with E-state index in [0.29, 0.717) is 0 Å². The average molecular weight is 272 g/mol. The van der Waals surface area contributed by atoms with Crippen LogP contribution in [0.4, 0.5) is 0 Å². The summed E-state index contributed by atoms with van der Waals surface area (Å²) in [4.78, 5) is 6.76. The molecule has 0 bridgehead atoms. The highest BCUT2D eigenvalue weighted by Crippen LogP contribution is 2.06. The molecule has 0 aliphatic carbocycles. The van der Waals surface area contributed by atoms with Gasteiger partial charge in [0.1, 0.15) is 12.2 Å². The zero-order valence-corrected chi connectivity index (χ0v) is 11.6. The van der Waals surface area contributed by atoms with Crippen LogP contribution in [-0.2, 0) is 24.2 Å².